The number of thiophene rings is 1. The summed E-state index contributed by atoms with van der Waals surface area (Å²) >= 11 is 5.17. The number of halogens is 1. The van der Waals surface area contributed by atoms with Crippen molar-refractivity contribution in [3.05, 3.63) is 22.4 Å². The number of nitrogens with one attached hydrogen (secondary N) is 1. The molecule has 2 nitrogen and oxygen atoms in total. The Balaban J connectivity index is 2.05. The van der Waals surface area contributed by atoms with Gasteiger partial charge in [0.25, 0.3) is 0 Å². The van der Waals surface area contributed by atoms with Gasteiger partial charge in [0.2, 0.25) is 5.91 Å². The molecule has 0 aliphatic rings. The van der Waals surface area contributed by atoms with Crippen LogP contribution < -0.4 is 5.32 Å². The Morgan fingerprint density at radius 2 is 2.41 bits per heavy atom. The number of carbonyl (C=O) groups is 1. The molecule has 1 atom stereocenters. The van der Waals surface area contributed by atoms with Gasteiger partial charge in [0.1, 0.15) is 0 Å². The minimum atomic E-state index is 0.183. The van der Waals surface area contributed by atoms with Crippen molar-refractivity contribution in [2.45, 2.75) is 32.6 Å². The summed E-state index contributed by atoms with van der Waals surface area (Å²) in [6, 6.07) is 4.18. The van der Waals surface area contributed by atoms with E-state index in [9.17, 15) is 4.79 Å². The van der Waals surface area contributed by atoms with Gasteiger partial charge in [-0.3, -0.25) is 4.79 Å². The number of alkyl halides is 1. The van der Waals surface area contributed by atoms with E-state index < -0.39 is 0 Å². The highest BCUT2D eigenvalue weighted by atomic mass is 79.9. The van der Waals surface area contributed by atoms with Crippen LogP contribution in [0.15, 0.2) is 17.5 Å². The monoisotopic (exact) mass is 317 g/mol. The first-order valence-electron chi connectivity index (χ1n) is 6.07. The molecule has 96 valence electrons. The number of hydrogen-bond donors (Lipinski definition) is 1. The van der Waals surface area contributed by atoms with Gasteiger partial charge in [-0.05, 0) is 36.6 Å². The molecule has 0 saturated heterocycles. The molecule has 1 unspecified atom stereocenters. The first-order valence-corrected chi connectivity index (χ1v) is 8.07. The van der Waals surface area contributed by atoms with Crippen molar-refractivity contribution in [3.63, 3.8) is 0 Å². The van der Waals surface area contributed by atoms with Gasteiger partial charge in [-0.25, -0.2) is 0 Å². The predicted octanol–water partition coefficient (Wildman–Crippen LogP) is 3.61. The summed E-state index contributed by atoms with van der Waals surface area (Å²) < 4.78 is 0. The highest BCUT2D eigenvalue weighted by Gasteiger charge is 2.05. The summed E-state index contributed by atoms with van der Waals surface area (Å²) in [5, 5.41) is 6.07. The molecule has 1 N–H and O–H groups in total. The molecule has 0 bridgehead atoms. The van der Waals surface area contributed by atoms with Gasteiger partial charge in [-0.15, -0.1) is 11.3 Å². The van der Waals surface area contributed by atoms with Gasteiger partial charge in [0.05, 0.1) is 0 Å². The largest absolute Gasteiger partial charge is 0.356 e. The third kappa shape index (κ3) is 6.84. The van der Waals surface area contributed by atoms with Crippen LogP contribution in [0.2, 0.25) is 0 Å². The molecular weight excluding hydrogens is 298 g/mol. The van der Waals surface area contributed by atoms with Crippen molar-refractivity contribution < 1.29 is 4.79 Å². The highest BCUT2D eigenvalue weighted by Crippen LogP contribution is 2.11. The number of hydrogen-bond acceptors (Lipinski definition) is 2. The van der Waals surface area contributed by atoms with Crippen molar-refractivity contribution in [2.24, 2.45) is 5.92 Å². The van der Waals surface area contributed by atoms with Gasteiger partial charge >= 0.3 is 0 Å². The second kappa shape index (κ2) is 8.70. The van der Waals surface area contributed by atoms with Crippen molar-refractivity contribution in [2.75, 3.05) is 11.9 Å². The fraction of sp³-hybridized carbons (Fsp3) is 0.615. The summed E-state index contributed by atoms with van der Waals surface area (Å²) in [5.74, 6) is 0.735. The minimum Gasteiger partial charge on any atom is -0.356 e. The molecule has 0 radical (unpaired) electrons. The van der Waals surface area contributed by atoms with Crippen LogP contribution in [-0.4, -0.2) is 17.8 Å². The first-order chi connectivity index (χ1) is 8.22. The van der Waals surface area contributed by atoms with E-state index in [1.165, 1.54) is 4.88 Å². The SMILES string of the molecule is CC(CCBr)CNC(=O)CCCc1cccs1. The lowest BCUT2D eigenvalue weighted by atomic mass is 10.1. The zero-order chi connectivity index (χ0) is 12.5. The Morgan fingerprint density at radius 1 is 1.59 bits per heavy atom. The molecule has 0 fully saturated rings. The van der Waals surface area contributed by atoms with Crippen LogP contribution in [0.1, 0.15) is 31.1 Å². The van der Waals surface area contributed by atoms with Gasteiger partial charge in [-0.2, -0.15) is 0 Å². The molecule has 1 aromatic rings. The molecule has 1 amide bonds. The predicted molar refractivity (Wildman–Crippen MR) is 77.8 cm³/mol. The Kier molecular flexibility index (Phi) is 7.53. The van der Waals surface area contributed by atoms with Gasteiger partial charge in [-0.1, -0.05) is 28.9 Å². The summed E-state index contributed by atoms with van der Waals surface area (Å²) in [5.41, 5.74) is 0. The average Bonchev–Trinajstić information content (AvgIpc) is 2.80. The van der Waals surface area contributed by atoms with Crippen LogP contribution in [0.5, 0.6) is 0 Å². The van der Waals surface area contributed by atoms with E-state index in [0.29, 0.717) is 12.3 Å². The number of carbonyl (C=O) groups excluding carboxylic acids is 1. The van der Waals surface area contributed by atoms with Gasteiger partial charge in [0.15, 0.2) is 0 Å². The lowest BCUT2D eigenvalue weighted by Gasteiger charge is -2.10. The molecule has 0 spiro atoms. The Bertz CT molecular complexity index is 313. The molecule has 0 aromatic carbocycles. The van der Waals surface area contributed by atoms with E-state index in [1.807, 2.05) is 0 Å². The summed E-state index contributed by atoms with van der Waals surface area (Å²) in [4.78, 5) is 12.9. The zero-order valence-corrected chi connectivity index (χ0v) is 12.6. The maximum atomic E-state index is 11.6. The number of rotatable bonds is 8. The molecule has 4 heteroatoms. The molecule has 1 heterocycles. The Hall–Kier alpha value is -0.350. The third-order valence-corrected chi connectivity index (χ3v) is 4.05. The summed E-state index contributed by atoms with van der Waals surface area (Å²) in [7, 11) is 0. The lowest BCUT2D eigenvalue weighted by molar-refractivity contribution is -0.121. The molecule has 1 rings (SSSR count). The Morgan fingerprint density at radius 3 is 3.06 bits per heavy atom. The minimum absolute atomic E-state index is 0.183. The van der Waals surface area contributed by atoms with Crippen LogP contribution in [0, 0.1) is 5.92 Å². The maximum absolute atomic E-state index is 11.6. The van der Waals surface area contributed by atoms with E-state index in [0.717, 1.165) is 31.1 Å². The average molecular weight is 318 g/mol. The van der Waals surface area contributed by atoms with Crippen LogP contribution in [0.4, 0.5) is 0 Å². The quantitative estimate of drug-likeness (QED) is 0.729. The van der Waals surface area contributed by atoms with E-state index >= 15 is 0 Å². The molecule has 1 aromatic heterocycles. The van der Waals surface area contributed by atoms with Crippen LogP contribution in [-0.2, 0) is 11.2 Å². The smallest absolute Gasteiger partial charge is 0.220 e. The molecule has 17 heavy (non-hydrogen) atoms. The normalized spacial score (nSPS) is 12.4. The fourth-order valence-corrected chi connectivity index (χ4v) is 3.08. The van der Waals surface area contributed by atoms with E-state index in [-0.39, 0.29) is 5.91 Å². The third-order valence-electron chi connectivity index (χ3n) is 2.66. The van der Waals surface area contributed by atoms with E-state index in [1.54, 1.807) is 11.3 Å². The van der Waals surface area contributed by atoms with Crippen molar-refractivity contribution in [1.29, 1.82) is 0 Å². The summed E-state index contributed by atoms with van der Waals surface area (Å²) in [6.45, 7) is 2.95. The van der Waals surface area contributed by atoms with Gasteiger partial charge in [0, 0.05) is 23.2 Å². The Labute approximate surface area is 116 Å². The fourth-order valence-electron chi connectivity index (χ4n) is 1.54. The highest BCUT2D eigenvalue weighted by molar-refractivity contribution is 9.09. The van der Waals surface area contributed by atoms with Crippen molar-refractivity contribution in [3.8, 4) is 0 Å². The standard InChI is InChI=1S/C13H20BrNOS/c1-11(7-8-14)10-15-13(16)6-2-4-12-5-3-9-17-12/h3,5,9,11H,2,4,6-8,10H2,1H3,(H,15,16). The van der Waals surface area contributed by atoms with Crippen molar-refractivity contribution in [1.82, 2.24) is 5.32 Å². The van der Waals surface area contributed by atoms with E-state index in [4.69, 9.17) is 0 Å². The maximum Gasteiger partial charge on any atom is 0.220 e. The molecular formula is C13H20BrNOS. The van der Waals surface area contributed by atoms with Crippen LogP contribution >= 0.6 is 27.3 Å². The molecule has 0 aliphatic heterocycles. The van der Waals surface area contributed by atoms with Crippen molar-refractivity contribution >= 4 is 33.2 Å². The lowest BCUT2D eigenvalue weighted by Crippen LogP contribution is -2.28. The number of amides is 1. The van der Waals surface area contributed by atoms with E-state index in [2.05, 4.69) is 45.7 Å². The number of aryl methyl sites for hydroxylation is 1. The van der Waals surface area contributed by atoms with Crippen LogP contribution in [0.25, 0.3) is 0 Å². The topological polar surface area (TPSA) is 29.1 Å². The summed E-state index contributed by atoms with van der Waals surface area (Å²) in [6.07, 6.45) is 3.70. The first kappa shape index (κ1) is 14.7. The molecule has 0 aliphatic carbocycles. The molecule has 0 saturated carbocycles. The van der Waals surface area contributed by atoms with Crippen LogP contribution in [0.3, 0.4) is 0 Å². The second-order valence-corrected chi connectivity index (χ2v) is 6.15. The van der Waals surface area contributed by atoms with Gasteiger partial charge < -0.3 is 5.32 Å². The zero-order valence-electron chi connectivity index (χ0n) is 10.2. The second-order valence-electron chi connectivity index (χ2n) is 4.32.